The van der Waals surface area contributed by atoms with Gasteiger partial charge in [0.1, 0.15) is 5.76 Å². The molecule has 6 heteroatoms. The molecule has 1 saturated heterocycles. The number of nitrogens with two attached hydrogens (primary N) is 1. The quantitative estimate of drug-likeness (QED) is 0.401. The van der Waals surface area contributed by atoms with Crippen LogP contribution < -0.4 is 16.6 Å². The molecule has 1 aromatic rings. The van der Waals surface area contributed by atoms with Gasteiger partial charge in [0, 0.05) is 6.04 Å². The summed E-state index contributed by atoms with van der Waals surface area (Å²) in [6, 6.07) is 2.18. The van der Waals surface area contributed by atoms with Gasteiger partial charge < -0.3 is 9.73 Å². The highest BCUT2D eigenvalue weighted by atomic mass is 16.3. The lowest BCUT2D eigenvalue weighted by Crippen LogP contribution is -2.41. The maximum absolute atomic E-state index is 11.5. The lowest BCUT2D eigenvalue weighted by atomic mass is 10.1. The number of piperidine rings is 1. The first kappa shape index (κ1) is 13.1. The van der Waals surface area contributed by atoms with Gasteiger partial charge in [0.15, 0.2) is 0 Å². The van der Waals surface area contributed by atoms with E-state index in [4.69, 9.17) is 10.3 Å². The molecule has 1 aliphatic rings. The minimum Gasteiger partial charge on any atom is -0.467 e. The van der Waals surface area contributed by atoms with Crippen molar-refractivity contribution < 1.29 is 9.21 Å². The third-order valence-corrected chi connectivity index (χ3v) is 3.45. The molecule has 0 radical (unpaired) electrons. The minimum absolute atomic E-state index is 0.308. The fourth-order valence-electron chi connectivity index (χ4n) is 2.35. The zero-order valence-electron chi connectivity index (χ0n) is 10.6. The number of hydrogen-bond acceptors (Lipinski definition) is 5. The molecule has 18 heavy (non-hydrogen) atoms. The van der Waals surface area contributed by atoms with E-state index in [2.05, 4.69) is 22.7 Å². The Balaban J connectivity index is 2.00. The Labute approximate surface area is 106 Å². The van der Waals surface area contributed by atoms with Gasteiger partial charge in [-0.2, -0.15) is 0 Å². The average molecular weight is 252 g/mol. The third kappa shape index (κ3) is 2.90. The summed E-state index contributed by atoms with van der Waals surface area (Å²) >= 11 is 0. The van der Waals surface area contributed by atoms with Gasteiger partial charge in [-0.1, -0.05) is 0 Å². The molecule has 6 nitrogen and oxygen atoms in total. The van der Waals surface area contributed by atoms with Crippen molar-refractivity contribution in [2.24, 2.45) is 5.84 Å². The topological polar surface area (TPSA) is 83.5 Å². The molecule has 1 fully saturated rings. The molecule has 0 aromatic carbocycles. The third-order valence-electron chi connectivity index (χ3n) is 3.45. The number of hydrogen-bond donors (Lipinski definition) is 3. The highest BCUT2D eigenvalue weighted by molar-refractivity contribution is 5.94. The molecule has 100 valence electrons. The maximum Gasteiger partial charge on any atom is 0.268 e. The van der Waals surface area contributed by atoms with Crippen molar-refractivity contribution in [2.75, 3.05) is 20.1 Å². The Morgan fingerprint density at radius 2 is 2.33 bits per heavy atom. The van der Waals surface area contributed by atoms with E-state index >= 15 is 0 Å². The fourth-order valence-corrected chi connectivity index (χ4v) is 2.35. The zero-order chi connectivity index (χ0) is 13.0. The molecule has 1 amide bonds. The van der Waals surface area contributed by atoms with Crippen molar-refractivity contribution >= 4 is 5.91 Å². The average Bonchev–Trinajstić information content (AvgIpc) is 2.87. The summed E-state index contributed by atoms with van der Waals surface area (Å²) in [5.74, 6) is 5.50. The fraction of sp³-hybridized carbons (Fsp3) is 0.583. The number of nitrogens with zero attached hydrogens (tertiary/aromatic N) is 1. The highest BCUT2D eigenvalue weighted by Gasteiger charge is 2.21. The van der Waals surface area contributed by atoms with Gasteiger partial charge >= 0.3 is 0 Å². The van der Waals surface area contributed by atoms with Gasteiger partial charge in [0.25, 0.3) is 5.91 Å². The number of hydrazine groups is 1. The molecular formula is C12H20N4O2. The first-order chi connectivity index (χ1) is 8.72. The van der Waals surface area contributed by atoms with Crippen LogP contribution in [0.4, 0.5) is 0 Å². The lowest BCUT2D eigenvalue weighted by molar-refractivity contribution is 0.0948. The van der Waals surface area contributed by atoms with Crippen LogP contribution in [-0.4, -0.2) is 37.0 Å². The van der Waals surface area contributed by atoms with Crippen molar-refractivity contribution in [3.8, 4) is 0 Å². The molecular weight excluding hydrogens is 232 g/mol. The molecule has 4 N–H and O–H groups in total. The van der Waals surface area contributed by atoms with E-state index in [0.717, 1.165) is 25.9 Å². The second kappa shape index (κ2) is 5.99. The monoisotopic (exact) mass is 252 g/mol. The smallest absolute Gasteiger partial charge is 0.268 e. The number of nitrogens with one attached hydrogen (secondary N) is 2. The molecule has 1 aromatic heterocycles. The zero-order valence-corrected chi connectivity index (χ0v) is 10.6. The Morgan fingerprint density at radius 1 is 1.61 bits per heavy atom. The van der Waals surface area contributed by atoms with Crippen LogP contribution in [0.5, 0.6) is 0 Å². The van der Waals surface area contributed by atoms with Crippen molar-refractivity contribution in [3.05, 3.63) is 23.7 Å². The molecule has 0 unspecified atom stereocenters. The molecule has 1 aliphatic heterocycles. The maximum atomic E-state index is 11.5. The summed E-state index contributed by atoms with van der Waals surface area (Å²) < 4.78 is 5.38. The Kier molecular flexibility index (Phi) is 4.35. The van der Waals surface area contributed by atoms with Crippen LogP contribution in [0.2, 0.25) is 0 Å². The summed E-state index contributed by atoms with van der Waals surface area (Å²) in [4.78, 5) is 13.8. The van der Waals surface area contributed by atoms with Crippen LogP contribution in [0.1, 0.15) is 29.0 Å². The number of nitrogen functional groups attached to an aromatic ring is 1. The van der Waals surface area contributed by atoms with Crippen LogP contribution in [0.3, 0.4) is 0 Å². The van der Waals surface area contributed by atoms with Crippen LogP contribution in [0.15, 0.2) is 16.7 Å². The summed E-state index contributed by atoms with van der Waals surface area (Å²) in [7, 11) is 2.06. The van der Waals surface area contributed by atoms with E-state index in [9.17, 15) is 4.79 Å². The van der Waals surface area contributed by atoms with Gasteiger partial charge in [-0.25, -0.2) is 5.84 Å². The summed E-state index contributed by atoms with van der Waals surface area (Å²) in [5.41, 5.74) is 2.65. The number of amides is 1. The van der Waals surface area contributed by atoms with E-state index in [1.165, 1.54) is 6.26 Å². The van der Waals surface area contributed by atoms with Gasteiger partial charge in [0.2, 0.25) is 0 Å². The minimum atomic E-state index is -0.308. The SMILES string of the molecule is CN(Cc1occc1C(=O)NN)C1CCNCC1. The van der Waals surface area contributed by atoms with Crippen molar-refractivity contribution in [1.82, 2.24) is 15.6 Å². The van der Waals surface area contributed by atoms with Crippen LogP contribution in [0.25, 0.3) is 0 Å². The molecule has 0 aliphatic carbocycles. The number of carbonyl (C=O) groups is 1. The van der Waals surface area contributed by atoms with E-state index < -0.39 is 0 Å². The number of carbonyl (C=O) groups excluding carboxylic acids is 1. The van der Waals surface area contributed by atoms with E-state index in [-0.39, 0.29) is 5.91 Å². The predicted molar refractivity (Wildman–Crippen MR) is 67.7 cm³/mol. The normalized spacial score (nSPS) is 17.1. The van der Waals surface area contributed by atoms with Crippen LogP contribution in [0, 0.1) is 0 Å². The molecule has 2 rings (SSSR count). The van der Waals surface area contributed by atoms with Crippen LogP contribution in [-0.2, 0) is 6.54 Å². The Bertz CT molecular complexity index is 399. The van der Waals surface area contributed by atoms with Gasteiger partial charge in [0.05, 0.1) is 18.4 Å². The van der Waals surface area contributed by atoms with E-state index in [0.29, 0.717) is 23.9 Å². The van der Waals surface area contributed by atoms with Gasteiger partial charge in [-0.15, -0.1) is 0 Å². The van der Waals surface area contributed by atoms with Gasteiger partial charge in [-0.3, -0.25) is 15.1 Å². The van der Waals surface area contributed by atoms with E-state index in [1.54, 1.807) is 6.07 Å². The number of rotatable bonds is 4. The molecule has 0 atom stereocenters. The molecule has 2 heterocycles. The standard InChI is InChI=1S/C12H20N4O2/c1-16(9-2-5-14-6-3-9)8-11-10(4-7-18-11)12(17)15-13/h4,7,9,14H,2-3,5-6,8,13H2,1H3,(H,15,17). The largest absolute Gasteiger partial charge is 0.467 e. The van der Waals surface area contributed by atoms with Gasteiger partial charge in [-0.05, 0) is 39.0 Å². The van der Waals surface area contributed by atoms with E-state index in [1.807, 2.05) is 0 Å². The summed E-state index contributed by atoms with van der Waals surface area (Å²) in [6.07, 6.45) is 3.77. The molecule has 0 spiro atoms. The summed E-state index contributed by atoms with van der Waals surface area (Å²) in [6.45, 7) is 2.72. The predicted octanol–water partition coefficient (Wildman–Crippen LogP) is 0.0669. The van der Waals surface area contributed by atoms with Crippen molar-refractivity contribution in [1.29, 1.82) is 0 Å². The molecule has 0 bridgehead atoms. The Hall–Kier alpha value is -1.37. The number of furan rings is 1. The highest BCUT2D eigenvalue weighted by Crippen LogP contribution is 2.17. The Morgan fingerprint density at radius 3 is 3.00 bits per heavy atom. The lowest BCUT2D eigenvalue weighted by Gasteiger charge is -2.31. The van der Waals surface area contributed by atoms with Crippen LogP contribution >= 0.6 is 0 Å². The summed E-state index contributed by atoms with van der Waals surface area (Å²) in [5, 5.41) is 3.34. The first-order valence-electron chi connectivity index (χ1n) is 6.20. The second-order valence-corrected chi connectivity index (χ2v) is 4.63. The van der Waals surface area contributed by atoms with Crippen molar-refractivity contribution in [3.63, 3.8) is 0 Å². The van der Waals surface area contributed by atoms with Crippen molar-refractivity contribution in [2.45, 2.75) is 25.4 Å². The first-order valence-corrected chi connectivity index (χ1v) is 6.20. The second-order valence-electron chi connectivity index (χ2n) is 4.63. The molecule has 0 saturated carbocycles.